The van der Waals surface area contributed by atoms with Crippen LogP contribution < -0.4 is 10.1 Å². The first-order chi connectivity index (χ1) is 10.5. The minimum atomic E-state index is -0.555. The van der Waals surface area contributed by atoms with Gasteiger partial charge < -0.3 is 10.1 Å². The molecule has 22 heavy (non-hydrogen) atoms. The summed E-state index contributed by atoms with van der Waals surface area (Å²) >= 11 is 5.38. The second kappa shape index (κ2) is 7.27. The summed E-state index contributed by atoms with van der Waals surface area (Å²) in [5, 5.41) is 2.48. The van der Waals surface area contributed by atoms with E-state index in [0.717, 1.165) is 0 Å². The summed E-state index contributed by atoms with van der Waals surface area (Å²) in [4.78, 5) is 11.2. The van der Waals surface area contributed by atoms with Crippen LogP contribution in [0.4, 0.5) is 10.1 Å². The minimum absolute atomic E-state index is 0.0983. The lowest BCUT2D eigenvalue weighted by Gasteiger charge is -2.10. The highest BCUT2D eigenvalue weighted by Gasteiger charge is 2.08. The number of hydrogen-bond acceptors (Lipinski definition) is 2. The summed E-state index contributed by atoms with van der Waals surface area (Å²) < 4.78 is 19.5. The van der Waals surface area contributed by atoms with Gasteiger partial charge in [-0.15, -0.1) is 11.6 Å². The number of benzene rings is 2. The number of amides is 1. The Morgan fingerprint density at radius 2 is 1.91 bits per heavy atom. The van der Waals surface area contributed by atoms with Crippen molar-refractivity contribution in [2.45, 2.75) is 19.8 Å². The topological polar surface area (TPSA) is 38.3 Å². The van der Waals surface area contributed by atoms with Crippen molar-refractivity contribution in [2.24, 2.45) is 0 Å². The molecule has 3 nitrogen and oxygen atoms in total. The van der Waals surface area contributed by atoms with Crippen molar-refractivity contribution in [3.05, 3.63) is 53.8 Å². The molecular formula is C17H17ClFNO2. The number of ether oxygens (including phenoxy) is 1. The second-order valence-corrected chi connectivity index (χ2v) is 5.42. The molecule has 0 radical (unpaired) electrons. The van der Waals surface area contributed by atoms with Crippen molar-refractivity contribution in [1.29, 1.82) is 0 Å². The van der Waals surface area contributed by atoms with E-state index in [1.165, 1.54) is 17.7 Å². The Labute approximate surface area is 134 Å². The van der Waals surface area contributed by atoms with Gasteiger partial charge in [0, 0.05) is 11.8 Å². The maximum absolute atomic E-state index is 14.0. The Bertz CT molecular complexity index is 656. The maximum atomic E-state index is 14.0. The molecule has 116 valence electrons. The Balaban J connectivity index is 2.11. The number of carbonyl (C=O) groups excluding carboxylic acids is 1. The SMILES string of the molecule is CC(C)c1ccc(Oc2ccc(NC(=O)CCl)cc2F)cc1. The fraction of sp³-hybridized carbons (Fsp3) is 0.235. The van der Waals surface area contributed by atoms with E-state index in [4.69, 9.17) is 16.3 Å². The molecule has 0 unspecified atom stereocenters. The summed E-state index contributed by atoms with van der Waals surface area (Å²) in [7, 11) is 0. The molecule has 0 aliphatic heterocycles. The molecule has 0 bridgehead atoms. The van der Waals surface area contributed by atoms with Gasteiger partial charge in [0.15, 0.2) is 11.6 Å². The van der Waals surface area contributed by atoms with Gasteiger partial charge in [0.25, 0.3) is 0 Å². The standard InChI is InChI=1S/C17H17ClFNO2/c1-11(2)12-3-6-14(7-4-12)22-16-8-5-13(9-15(16)19)20-17(21)10-18/h3-9,11H,10H2,1-2H3,(H,20,21). The molecule has 2 rings (SSSR count). The smallest absolute Gasteiger partial charge is 0.239 e. The van der Waals surface area contributed by atoms with Crippen molar-refractivity contribution < 1.29 is 13.9 Å². The van der Waals surface area contributed by atoms with Crippen LogP contribution in [-0.4, -0.2) is 11.8 Å². The lowest BCUT2D eigenvalue weighted by atomic mass is 10.0. The zero-order chi connectivity index (χ0) is 16.1. The van der Waals surface area contributed by atoms with E-state index in [0.29, 0.717) is 17.4 Å². The summed E-state index contributed by atoms with van der Waals surface area (Å²) in [6.45, 7) is 4.20. The normalized spacial score (nSPS) is 10.6. The van der Waals surface area contributed by atoms with E-state index in [1.54, 1.807) is 18.2 Å². The van der Waals surface area contributed by atoms with Crippen LogP contribution in [0.1, 0.15) is 25.3 Å². The number of hydrogen-bond donors (Lipinski definition) is 1. The number of anilines is 1. The summed E-state index contributed by atoms with van der Waals surface area (Å²) in [5.41, 5.74) is 1.53. The molecule has 1 N–H and O–H groups in total. The van der Waals surface area contributed by atoms with Crippen LogP contribution >= 0.6 is 11.6 Å². The van der Waals surface area contributed by atoms with Gasteiger partial charge in [0.05, 0.1) is 0 Å². The summed E-state index contributed by atoms with van der Waals surface area (Å²) in [6.07, 6.45) is 0. The summed E-state index contributed by atoms with van der Waals surface area (Å²) in [5.74, 6) is -0.0424. The van der Waals surface area contributed by atoms with Gasteiger partial charge in [-0.2, -0.15) is 0 Å². The third-order valence-corrected chi connectivity index (χ3v) is 3.35. The average Bonchev–Trinajstić information content (AvgIpc) is 2.50. The third-order valence-electron chi connectivity index (χ3n) is 3.11. The van der Waals surface area contributed by atoms with Crippen molar-refractivity contribution in [3.8, 4) is 11.5 Å². The van der Waals surface area contributed by atoms with E-state index in [2.05, 4.69) is 19.2 Å². The zero-order valence-electron chi connectivity index (χ0n) is 12.4. The molecule has 1 amide bonds. The number of rotatable bonds is 5. The Morgan fingerprint density at radius 1 is 1.23 bits per heavy atom. The van der Waals surface area contributed by atoms with Crippen LogP contribution in [0.15, 0.2) is 42.5 Å². The van der Waals surface area contributed by atoms with Crippen molar-refractivity contribution in [1.82, 2.24) is 0 Å². The van der Waals surface area contributed by atoms with Crippen LogP contribution in [-0.2, 0) is 4.79 Å². The number of alkyl halides is 1. The number of halogens is 2. The molecule has 5 heteroatoms. The highest BCUT2D eigenvalue weighted by Crippen LogP contribution is 2.27. The highest BCUT2D eigenvalue weighted by atomic mass is 35.5. The van der Waals surface area contributed by atoms with E-state index >= 15 is 0 Å². The first-order valence-corrected chi connectivity index (χ1v) is 7.46. The number of nitrogens with one attached hydrogen (secondary N) is 1. The van der Waals surface area contributed by atoms with E-state index < -0.39 is 5.82 Å². The predicted octanol–water partition coefficient (Wildman–Crippen LogP) is 4.92. The quantitative estimate of drug-likeness (QED) is 0.794. The molecule has 0 aliphatic carbocycles. The van der Waals surface area contributed by atoms with Gasteiger partial charge in [0.1, 0.15) is 11.6 Å². The van der Waals surface area contributed by atoms with Crippen molar-refractivity contribution >= 4 is 23.2 Å². The monoisotopic (exact) mass is 321 g/mol. The highest BCUT2D eigenvalue weighted by molar-refractivity contribution is 6.29. The van der Waals surface area contributed by atoms with Gasteiger partial charge in [-0.25, -0.2) is 4.39 Å². The minimum Gasteiger partial charge on any atom is -0.454 e. The van der Waals surface area contributed by atoms with Gasteiger partial charge in [-0.05, 0) is 35.7 Å². The second-order valence-electron chi connectivity index (χ2n) is 5.15. The van der Waals surface area contributed by atoms with Crippen molar-refractivity contribution in [3.63, 3.8) is 0 Å². The average molecular weight is 322 g/mol. The van der Waals surface area contributed by atoms with Gasteiger partial charge in [-0.1, -0.05) is 26.0 Å². The molecule has 0 heterocycles. The van der Waals surface area contributed by atoms with Crippen LogP contribution in [0.2, 0.25) is 0 Å². The van der Waals surface area contributed by atoms with Crippen LogP contribution in [0, 0.1) is 5.82 Å². The maximum Gasteiger partial charge on any atom is 0.239 e. The number of carbonyl (C=O) groups is 1. The van der Waals surface area contributed by atoms with Gasteiger partial charge in [0.2, 0.25) is 5.91 Å². The predicted molar refractivity (Wildman–Crippen MR) is 86.4 cm³/mol. The molecule has 0 aromatic heterocycles. The molecule has 2 aromatic carbocycles. The molecule has 0 spiro atoms. The first kappa shape index (κ1) is 16.3. The van der Waals surface area contributed by atoms with E-state index in [9.17, 15) is 9.18 Å². The lowest BCUT2D eigenvalue weighted by molar-refractivity contribution is -0.113. The Hall–Kier alpha value is -2.07. The van der Waals surface area contributed by atoms with Crippen LogP contribution in [0.25, 0.3) is 0 Å². The van der Waals surface area contributed by atoms with Crippen LogP contribution in [0.3, 0.4) is 0 Å². The van der Waals surface area contributed by atoms with Crippen molar-refractivity contribution in [2.75, 3.05) is 11.2 Å². The third kappa shape index (κ3) is 4.21. The molecule has 0 saturated carbocycles. The van der Waals surface area contributed by atoms with Gasteiger partial charge in [-0.3, -0.25) is 4.79 Å². The van der Waals surface area contributed by atoms with Crippen LogP contribution in [0.5, 0.6) is 11.5 Å². The Kier molecular flexibility index (Phi) is 5.39. The lowest BCUT2D eigenvalue weighted by Crippen LogP contribution is -2.12. The fourth-order valence-corrected chi connectivity index (χ4v) is 1.97. The fourth-order valence-electron chi connectivity index (χ4n) is 1.90. The first-order valence-electron chi connectivity index (χ1n) is 6.92. The van der Waals surface area contributed by atoms with Gasteiger partial charge >= 0.3 is 0 Å². The zero-order valence-corrected chi connectivity index (χ0v) is 13.2. The van der Waals surface area contributed by atoms with E-state index in [-0.39, 0.29) is 17.5 Å². The Morgan fingerprint density at radius 3 is 2.45 bits per heavy atom. The molecule has 0 fully saturated rings. The largest absolute Gasteiger partial charge is 0.454 e. The molecule has 2 aromatic rings. The molecule has 0 saturated heterocycles. The molecule has 0 atom stereocenters. The van der Waals surface area contributed by atoms with E-state index in [1.807, 2.05) is 12.1 Å². The summed E-state index contributed by atoms with van der Waals surface area (Å²) in [6, 6.07) is 11.7. The molecule has 0 aliphatic rings. The molecular weight excluding hydrogens is 305 g/mol.